The molecule has 1 N–H and O–H groups in total. The molecular weight excluding hydrogens is 295 g/mol. The first-order chi connectivity index (χ1) is 11.2. The van der Waals surface area contributed by atoms with Gasteiger partial charge in [0.05, 0.1) is 0 Å². The second-order valence-electron chi connectivity index (χ2n) is 5.96. The normalized spacial score (nSPS) is 17.9. The van der Waals surface area contributed by atoms with Gasteiger partial charge in [-0.25, -0.2) is 8.78 Å². The van der Waals surface area contributed by atoms with Gasteiger partial charge in [-0.15, -0.1) is 0 Å². The molecule has 0 spiro atoms. The molecule has 0 aromatic heterocycles. The predicted molar refractivity (Wildman–Crippen MR) is 89.4 cm³/mol. The van der Waals surface area contributed by atoms with E-state index >= 15 is 0 Å². The Morgan fingerprint density at radius 3 is 1.96 bits per heavy atom. The third-order valence-corrected chi connectivity index (χ3v) is 4.22. The summed E-state index contributed by atoms with van der Waals surface area (Å²) in [5.41, 5.74) is 1.74. The van der Waals surface area contributed by atoms with Crippen LogP contribution in [-0.2, 0) is 4.65 Å². The van der Waals surface area contributed by atoms with Gasteiger partial charge in [0.1, 0.15) is 11.6 Å². The molecule has 1 aliphatic heterocycles. The summed E-state index contributed by atoms with van der Waals surface area (Å²) in [5.74, 6) is -0.555. The highest BCUT2D eigenvalue weighted by Gasteiger charge is 2.23. The Morgan fingerprint density at radius 1 is 0.913 bits per heavy atom. The minimum absolute atomic E-state index is 0.277. The number of hydrogen-bond acceptors (Lipinski definition) is 2. The number of hydrogen-bond donors (Lipinski definition) is 1. The van der Waals surface area contributed by atoms with Crippen LogP contribution in [0, 0.1) is 11.6 Å². The van der Waals surface area contributed by atoms with Crippen LogP contribution in [-0.4, -0.2) is 26.1 Å². The maximum atomic E-state index is 13.2. The fraction of sp³-hybridized carbons (Fsp3) is 0.333. The van der Waals surface area contributed by atoms with E-state index in [2.05, 4.69) is 5.32 Å². The van der Waals surface area contributed by atoms with Crippen molar-refractivity contribution in [3.63, 3.8) is 0 Å². The molecule has 0 amide bonds. The molecule has 3 rings (SSSR count). The summed E-state index contributed by atoms with van der Waals surface area (Å²) in [4.78, 5) is 0. The zero-order chi connectivity index (χ0) is 16.1. The fourth-order valence-corrected chi connectivity index (χ4v) is 2.94. The van der Waals surface area contributed by atoms with Crippen LogP contribution in [0.25, 0.3) is 0 Å². The Morgan fingerprint density at radius 2 is 1.48 bits per heavy atom. The lowest BCUT2D eigenvalue weighted by molar-refractivity contribution is 0.246. The van der Waals surface area contributed by atoms with Crippen LogP contribution < -0.4 is 16.2 Å². The molecule has 2 nitrogen and oxygen atoms in total. The fourth-order valence-electron chi connectivity index (χ4n) is 2.94. The lowest BCUT2D eigenvalue weighted by Crippen LogP contribution is -2.48. The predicted octanol–water partition coefficient (Wildman–Crippen LogP) is 2.23. The highest BCUT2D eigenvalue weighted by Crippen LogP contribution is 2.08. The summed E-state index contributed by atoms with van der Waals surface area (Å²) in [6.07, 6.45) is 3.51. The van der Waals surface area contributed by atoms with Crippen molar-refractivity contribution in [3.8, 4) is 0 Å². The zero-order valence-corrected chi connectivity index (χ0v) is 13.0. The zero-order valence-electron chi connectivity index (χ0n) is 13.0. The Balaban J connectivity index is 1.77. The van der Waals surface area contributed by atoms with E-state index in [1.807, 2.05) is 0 Å². The smallest absolute Gasteiger partial charge is 0.361 e. The monoisotopic (exact) mass is 315 g/mol. The first-order valence-corrected chi connectivity index (χ1v) is 8.08. The van der Waals surface area contributed by atoms with E-state index in [1.165, 1.54) is 37.1 Å². The van der Waals surface area contributed by atoms with Crippen molar-refractivity contribution >= 4 is 17.8 Å². The van der Waals surface area contributed by atoms with Crippen molar-refractivity contribution in [1.29, 1.82) is 0 Å². The first kappa shape index (κ1) is 16.2. The molecule has 0 aliphatic carbocycles. The summed E-state index contributed by atoms with van der Waals surface area (Å²) >= 11 is 0. The number of rotatable bonds is 5. The molecule has 0 bridgehead atoms. The van der Waals surface area contributed by atoms with Crippen LogP contribution >= 0.6 is 0 Å². The first-order valence-electron chi connectivity index (χ1n) is 8.08. The second kappa shape index (κ2) is 7.71. The second-order valence-corrected chi connectivity index (χ2v) is 5.96. The quantitative estimate of drug-likeness (QED) is 0.855. The van der Waals surface area contributed by atoms with E-state index in [0.717, 1.165) is 23.9 Å². The third kappa shape index (κ3) is 4.39. The van der Waals surface area contributed by atoms with Crippen molar-refractivity contribution in [1.82, 2.24) is 5.32 Å². The van der Waals surface area contributed by atoms with Crippen LogP contribution in [0.1, 0.15) is 19.3 Å². The van der Waals surface area contributed by atoms with Gasteiger partial charge in [-0.2, -0.15) is 0 Å². The molecule has 1 heterocycles. The summed E-state index contributed by atoms with van der Waals surface area (Å²) in [6, 6.07) is 12.9. The van der Waals surface area contributed by atoms with Crippen molar-refractivity contribution in [2.45, 2.75) is 25.3 Å². The Hall–Kier alpha value is -1.72. The van der Waals surface area contributed by atoms with Gasteiger partial charge in [0.25, 0.3) is 0 Å². The molecule has 2 aromatic rings. The number of benzene rings is 2. The number of halogens is 2. The minimum Gasteiger partial charge on any atom is -0.425 e. The maximum Gasteiger partial charge on any atom is 0.361 e. The molecule has 1 saturated heterocycles. The summed E-state index contributed by atoms with van der Waals surface area (Å²) in [6.45, 7) is 1.28. The Labute approximate surface area is 136 Å². The molecule has 0 saturated carbocycles. The average molecular weight is 315 g/mol. The van der Waals surface area contributed by atoms with E-state index < -0.39 is 0 Å². The van der Waals surface area contributed by atoms with Gasteiger partial charge in [-0.3, -0.25) is 0 Å². The Bertz CT molecular complexity index is 566. The lowest BCUT2D eigenvalue weighted by Gasteiger charge is -2.25. The number of piperidine rings is 1. The molecule has 0 radical (unpaired) electrons. The SMILES string of the molecule is Fc1ccc(B(OCC2CCCCN2)c2ccc(F)cc2)cc1. The van der Waals surface area contributed by atoms with Crippen LogP contribution in [0.15, 0.2) is 48.5 Å². The maximum absolute atomic E-state index is 13.2. The molecular formula is C18H20BF2NO. The average Bonchev–Trinajstić information content (AvgIpc) is 2.59. The highest BCUT2D eigenvalue weighted by molar-refractivity contribution is 6.80. The molecule has 23 heavy (non-hydrogen) atoms. The number of nitrogens with one attached hydrogen (secondary N) is 1. The van der Waals surface area contributed by atoms with E-state index in [9.17, 15) is 8.78 Å². The van der Waals surface area contributed by atoms with Crippen LogP contribution in [0.4, 0.5) is 8.78 Å². The topological polar surface area (TPSA) is 21.3 Å². The highest BCUT2D eigenvalue weighted by atomic mass is 19.1. The van der Waals surface area contributed by atoms with Crippen molar-refractivity contribution in [2.24, 2.45) is 0 Å². The molecule has 1 fully saturated rings. The van der Waals surface area contributed by atoms with Crippen LogP contribution in [0.3, 0.4) is 0 Å². The minimum atomic E-state index is -0.320. The van der Waals surface area contributed by atoms with Crippen LogP contribution in [0.2, 0.25) is 0 Å². The summed E-state index contributed by atoms with van der Waals surface area (Å²) < 4.78 is 32.5. The van der Waals surface area contributed by atoms with Crippen molar-refractivity contribution in [2.75, 3.05) is 13.2 Å². The van der Waals surface area contributed by atoms with Crippen molar-refractivity contribution < 1.29 is 13.4 Å². The van der Waals surface area contributed by atoms with E-state index in [4.69, 9.17) is 4.65 Å². The summed E-state index contributed by atoms with van der Waals surface area (Å²) in [7, 11) is 0. The van der Waals surface area contributed by atoms with Gasteiger partial charge in [0, 0.05) is 12.6 Å². The van der Waals surface area contributed by atoms with E-state index in [-0.39, 0.29) is 18.6 Å². The third-order valence-electron chi connectivity index (χ3n) is 4.22. The van der Waals surface area contributed by atoms with Gasteiger partial charge in [-0.05, 0) is 54.6 Å². The van der Waals surface area contributed by atoms with Gasteiger partial charge < -0.3 is 9.97 Å². The standard InChI is InChI=1S/C18H20BF2NO/c20-16-8-4-14(5-9-16)19(15-6-10-17(21)11-7-15)23-13-18-3-1-2-12-22-18/h4-11,18,22H,1-3,12-13H2. The molecule has 1 unspecified atom stereocenters. The van der Waals surface area contributed by atoms with Crippen LogP contribution in [0.5, 0.6) is 0 Å². The van der Waals surface area contributed by atoms with Gasteiger partial charge in [-0.1, -0.05) is 30.7 Å². The molecule has 2 aromatic carbocycles. The van der Waals surface area contributed by atoms with Crippen molar-refractivity contribution in [3.05, 3.63) is 60.2 Å². The van der Waals surface area contributed by atoms with Gasteiger partial charge >= 0.3 is 6.92 Å². The molecule has 1 atom stereocenters. The molecule has 120 valence electrons. The van der Waals surface area contributed by atoms with E-state index in [1.54, 1.807) is 24.3 Å². The molecule has 1 aliphatic rings. The summed E-state index contributed by atoms with van der Waals surface area (Å²) in [5, 5.41) is 3.45. The Kier molecular flexibility index (Phi) is 5.41. The lowest BCUT2D eigenvalue weighted by atomic mass is 9.55. The van der Waals surface area contributed by atoms with Gasteiger partial charge in [0.2, 0.25) is 0 Å². The van der Waals surface area contributed by atoms with Gasteiger partial charge in [0.15, 0.2) is 0 Å². The largest absolute Gasteiger partial charge is 0.425 e. The molecule has 5 heteroatoms. The van der Waals surface area contributed by atoms with E-state index in [0.29, 0.717) is 12.6 Å².